The normalized spacial score (nSPS) is 21.1. The van der Waals surface area contributed by atoms with Crippen molar-refractivity contribution in [3.05, 3.63) is 58.9 Å². The van der Waals surface area contributed by atoms with Crippen molar-refractivity contribution in [2.45, 2.75) is 58.4 Å². The molecular formula is C26H41N3O2+2. The molecule has 5 nitrogen and oxygen atoms in total. The quantitative estimate of drug-likeness (QED) is 0.581. The third-order valence-corrected chi connectivity index (χ3v) is 6.54. The van der Waals surface area contributed by atoms with Gasteiger partial charge in [-0.3, -0.25) is 4.98 Å². The number of nitrogens with zero attached hydrogens (tertiary/aromatic N) is 1. The molecule has 2 heterocycles. The molecule has 1 aromatic carbocycles. The Bertz CT molecular complexity index is 825. The third-order valence-electron chi connectivity index (χ3n) is 6.54. The maximum atomic E-state index is 11.2. The van der Waals surface area contributed by atoms with E-state index in [1.807, 2.05) is 12.3 Å². The Labute approximate surface area is 187 Å². The maximum Gasteiger partial charge on any atom is 0.156 e. The molecule has 31 heavy (non-hydrogen) atoms. The van der Waals surface area contributed by atoms with Gasteiger partial charge in [0.15, 0.2) is 6.04 Å². The summed E-state index contributed by atoms with van der Waals surface area (Å²) in [6.07, 6.45) is 1.88. The van der Waals surface area contributed by atoms with E-state index in [1.165, 1.54) is 15.4 Å². The SMILES string of the molecule is CC(C)(C)c1cc([C@@H](c2ccccn2)[NH+]2CC[NH+](CCO)CC2)cc(C(C)(C)C)c1O. The van der Waals surface area contributed by atoms with E-state index in [-0.39, 0.29) is 23.5 Å². The number of piperazine rings is 1. The summed E-state index contributed by atoms with van der Waals surface area (Å²) in [6.45, 7) is 18.2. The van der Waals surface area contributed by atoms with Crippen LogP contribution in [-0.4, -0.2) is 54.5 Å². The van der Waals surface area contributed by atoms with Crippen LogP contribution in [0.1, 0.15) is 70.0 Å². The Balaban J connectivity index is 2.11. The molecule has 0 radical (unpaired) electrons. The van der Waals surface area contributed by atoms with Gasteiger partial charge in [0.25, 0.3) is 0 Å². The van der Waals surface area contributed by atoms with Crippen LogP contribution in [0.5, 0.6) is 5.75 Å². The number of hydrogen-bond acceptors (Lipinski definition) is 3. The Morgan fingerprint density at radius 2 is 1.52 bits per heavy atom. The van der Waals surface area contributed by atoms with Crippen molar-refractivity contribution in [1.29, 1.82) is 0 Å². The van der Waals surface area contributed by atoms with Crippen LogP contribution in [0.4, 0.5) is 0 Å². The number of aromatic nitrogens is 1. The molecule has 2 aromatic rings. The van der Waals surface area contributed by atoms with E-state index in [1.54, 1.807) is 0 Å². The molecule has 0 aliphatic carbocycles. The lowest BCUT2D eigenvalue weighted by atomic mass is 9.77. The first-order chi connectivity index (χ1) is 14.5. The summed E-state index contributed by atoms with van der Waals surface area (Å²) < 4.78 is 0. The largest absolute Gasteiger partial charge is 0.507 e. The number of phenolic OH excluding ortho intramolecular Hbond substituents is 1. The average molecular weight is 428 g/mol. The van der Waals surface area contributed by atoms with E-state index in [9.17, 15) is 10.2 Å². The first kappa shape index (κ1) is 23.7. The molecule has 1 saturated heterocycles. The lowest BCUT2D eigenvalue weighted by Gasteiger charge is -2.36. The standard InChI is InChI=1S/C26H39N3O2/c1-25(2,3)20-17-19(18-21(24(20)31)26(4,5)6)23(22-9-7-8-10-27-22)29-13-11-28(12-14-29)15-16-30/h7-10,17-18,23,30-31H,11-16H2,1-6H3/p+2/t23-/m0/s1. The van der Waals surface area contributed by atoms with E-state index >= 15 is 0 Å². The topological polar surface area (TPSA) is 62.2 Å². The zero-order valence-electron chi connectivity index (χ0n) is 20.1. The number of quaternary nitrogens is 2. The first-order valence-corrected chi connectivity index (χ1v) is 11.6. The molecule has 0 unspecified atom stereocenters. The molecule has 5 heteroatoms. The van der Waals surface area contributed by atoms with Gasteiger partial charge in [-0.1, -0.05) is 47.6 Å². The molecule has 0 bridgehead atoms. The molecular weight excluding hydrogens is 386 g/mol. The molecule has 3 rings (SSSR count). The molecule has 4 N–H and O–H groups in total. The second-order valence-electron chi connectivity index (χ2n) is 11.0. The predicted molar refractivity (Wildman–Crippen MR) is 125 cm³/mol. The second-order valence-corrected chi connectivity index (χ2v) is 11.0. The number of hydrogen-bond donors (Lipinski definition) is 4. The van der Waals surface area contributed by atoms with Crippen molar-refractivity contribution in [3.63, 3.8) is 0 Å². The van der Waals surface area contributed by atoms with Crippen LogP contribution in [0.15, 0.2) is 36.5 Å². The Hall–Kier alpha value is -1.95. The molecule has 0 amide bonds. The molecule has 1 aliphatic heterocycles. The highest BCUT2D eigenvalue weighted by molar-refractivity contribution is 5.51. The van der Waals surface area contributed by atoms with E-state index in [4.69, 9.17) is 4.98 Å². The van der Waals surface area contributed by atoms with Crippen molar-refractivity contribution in [3.8, 4) is 5.75 Å². The van der Waals surface area contributed by atoms with Gasteiger partial charge in [0.05, 0.1) is 6.61 Å². The van der Waals surface area contributed by atoms with E-state index in [0.717, 1.165) is 49.5 Å². The molecule has 0 saturated carbocycles. The first-order valence-electron chi connectivity index (χ1n) is 11.6. The summed E-state index contributed by atoms with van der Waals surface area (Å²) in [5.41, 5.74) is 3.99. The summed E-state index contributed by atoms with van der Waals surface area (Å²) in [4.78, 5) is 7.74. The van der Waals surface area contributed by atoms with Gasteiger partial charge in [-0.05, 0) is 35.1 Å². The van der Waals surface area contributed by atoms with E-state index in [0.29, 0.717) is 5.75 Å². The van der Waals surface area contributed by atoms with Crippen LogP contribution < -0.4 is 9.80 Å². The maximum absolute atomic E-state index is 11.2. The van der Waals surface area contributed by atoms with E-state index < -0.39 is 0 Å². The number of phenols is 1. The number of nitrogens with one attached hydrogen (secondary N) is 2. The molecule has 0 spiro atoms. The van der Waals surface area contributed by atoms with Crippen LogP contribution in [0.25, 0.3) is 0 Å². The fourth-order valence-electron chi connectivity index (χ4n) is 4.75. The van der Waals surface area contributed by atoms with Crippen LogP contribution in [0, 0.1) is 0 Å². The zero-order valence-corrected chi connectivity index (χ0v) is 20.1. The van der Waals surface area contributed by atoms with Crippen molar-refractivity contribution >= 4 is 0 Å². The third kappa shape index (κ3) is 5.46. The average Bonchev–Trinajstić information content (AvgIpc) is 2.70. The van der Waals surface area contributed by atoms with Crippen LogP contribution in [0.2, 0.25) is 0 Å². The summed E-state index contributed by atoms with van der Waals surface area (Å²) in [6, 6.07) is 10.7. The Morgan fingerprint density at radius 1 is 0.935 bits per heavy atom. The minimum absolute atomic E-state index is 0.125. The minimum Gasteiger partial charge on any atom is -0.507 e. The number of aromatic hydroxyl groups is 1. The van der Waals surface area contributed by atoms with Gasteiger partial charge < -0.3 is 20.0 Å². The van der Waals surface area contributed by atoms with Gasteiger partial charge in [-0.15, -0.1) is 0 Å². The molecule has 1 fully saturated rings. The number of rotatable bonds is 5. The summed E-state index contributed by atoms with van der Waals surface area (Å²) >= 11 is 0. The molecule has 1 aliphatic rings. The number of aliphatic hydroxyl groups is 1. The molecule has 170 valence electrons. The van der Waals surface area contributed by atoms with Crippen molar-refractivity contribution in [1.82, 2.24) is 4.98 Å². The van der Waals surface area contributed by atoms with Gasteiger partial charge >= 0.3 is 0 Å². The van der Waals surface area contributed by atoms with Crippen molar-refractivity contribution in [2.24, 2.45) is 0 Å². The zero-order chi connectivity index (χ0) is 22.8. The van der Waals surface area contributed by atoms with Gasteiger partial charge in [-0.25, -0.2) is 0 Å². The lowest BCUT2D eigenvalue weighted by molar-refractivity contribution is -1.02. The van der Waals surface area contributed by atoms with E-state index in [2.05, 4.69) is 65.8 Å². The second kappa shape index (κ2) is 9.27. The van der Waals surface area contributed by atoms with Crippen LogP contribution in [0.3, 0.4) is 0 Å². The van der Waals surface area contributed by atoms with Gasteiger partial charge in [0.1, 0.15) is 44.2 Å². The van der Waals surface area contributed by atoms with Crippen LogP contribution >= 0.6 is 0 Å². The Morgan fingerprint density at radius 3 is 1.97 bits per heavy atom. The highest BCUT2D eigenvalue weighted by atomic mass is 16.3. The molecule has 1 atom stereocenters. The van der Waals surface area contributed by atoms with Crippen molar-refractivity contribution < 1.29 is 20.0 Å². The monoisotopic (exact) mass is 427 g/mol. The fraction of sp³-hybridized carbons (Fsp3) is 0.577. The fourth-order valence-corrected chi connectivity index (χ4v) is 4.75. The highest BCUT2D eigenvalue weighted by Crippen LogP contribution is 2.41. The Kier molecular flexibility index (Phi) is 7.09. The lowest BCUT2D eigenvalue weighted by Crippen LogP contribution is -3.28. The predicted octanol–water partition coefficient (Wildman–Crippen LogP) is 1.25. The van der Waals surface area contributed by atoms with Gasteiger partial charge in [0.2, 0.25) is 0 Å². The smallest absolute Gasteiger partial charge is 0.156 e. The summed E-state index contributed by atoms with van der Waals surface area (Å²) in [5, 5.41) is 20.5. The minimum atomic E-state index is -0.159. The van der Waals surface area contributed by atoms with Gasteiger partial charge in [-0.2, -0.15) is 0 Å². The number of benzene rings is 1. The number of pyridine rings is 1. The van der Waals surface area contributed by atoms with Gasteiger partial charge in [0, 0.05) is 22.9 Å². The van der Waals surface area contributed by atoms with Crippen LogP contribution in [-0.2, 0) is 10.8 Å². The number of aliphatic hydroxyl groups excluding tert-OH is 1. The summed E-state index contributed by atoms with van der Waals surface area (Å²) in [5.74, 6) is 0.427. The highest BCUT2D eigenvalue weighted by Gasteiger charge is 2.35. The van der Waals surface area contributed by atoms with Crippen molar-refractivity contribution in [2.75, 3.05) is 39.3 Å². The summed E-state index contributed by atoms with van der Waals surface area (Å²) in [7, 11) is 0. The molecule has 1 aromatic heterocycles.